The summed E-state index contributed by atoms with van der Waals surface area (Å²) in [6.07, 6.45) is 7.14. The summed E-state index contributed by atoms with van der Waals surface area (Å²) in [5.41, 5.74) is 2.90. The van der Waals surface area contributed by atoms with Crippen LogP contribution >= 0.6 is 0 Å². The molecule has 2 aliphatic rings. The molecule has 0 radical (unpaired) electrons. The van der Waals surface area contributed by atoms with Crippen molar-refractivity contribution in [3.05, 3.63) is 22.9 Å². The lowest BCUT2D eigenvalue weighted by Crippen LogP contribution is -2.48. The third-order valence-corrected chi connectivity index (χ3v) is 5.26. The average Bonchev–Trinajstić information content (AvgIpc) is 2.52. The SMILES string of the molecule is CS(=O)(=O)NC1CCCN(c2nc3c(cc2C#N)CCCC3)C1. The van der Waals surface area contributed by atoms with Crippen molar-refractivity contribution in [2.24, 2.45) is 0 Å². The second-order valence-electron chi connectivity index (χ2n) is 6.46. The van der Waals surface area contributed by atoms with E-state index < -0.39 is 10.0 Å². The first-order chi connectivity index (χ1) is 11.0. The second kappa shape index (κ2) is 6.46. The van der Waals surface area contributed by atoms with Crippen molar-refractivity contribution in [3.63, 3.8) is 0 Å². The van der Waals surface area contributed by atoms with Crippen molar-refractivity contribution in [2.45, 2.75) is 44.6 Å². The van der Waals surface area contributed by atoms with Crippen LogP contribution in [0.3, 0.4) is 0 Å². The predicted molar refractivity (Wildman–Crippen MR) is 88.8 cm³/mol. The number of hydrogen-bond acceptors (Lipinski definition) is 5. The van der Waals surface area contributed by atoms with Crippen LogP contribution in [0.4, 0.5) is 5.82 Å². The molecule has 1 unspecified atom stereocenters. The van der Waals surface area contributed by atoms with Gasteiger partial charge < -0.3 is 4.90 Å². The Morgan fingerprint density at radius 2 is 2.13 bits per heavy atom. The maximum atomic E-state index is 11.5. The lowest BCUT2D eigenvalue weighted by atomic mass is 9.94. The minimum Gasteiger partial charge on any atom is -0.354 e. The number of fused-ring (bicyclic) bond motifs is 1. The largest absolute Gasteiger partial charge is 0.354 e. The molecule has 3 rings (SSSR count). The lowest BCUT2D eigenvalue weighted by molar-refractivity contribution is 0.465. The molecule has 0 saturated carbocycles. The van der Waals surface area contributed by atoms with Gasteiger partial charge in [0, 0.05) is 24.8 Å². The number of aryl methyl sites for hydroxylation is 2. The molecular weight excluding hydrogens is 312 g/mol. The number of piperidine rings is 1. The van der Waals surface area contributed by atoms with Gasteiger partial charge in [0.05, 0.1) is 11.8 Å². The van der Waals surface area contributed by atoms with Gasteiger partial charge in [-0.2, -0.15) is 5.26 Å². The molecule has 0 amide bonds. The topological polar surface area (TPSA) is 86.1 Å². The molecule has 0 spiro atoms. The maximum Gasteiger partial charge on any atom is 0.209 e. The fourth-order valence-corrected chi connectivity index (χ4v) is 4.31. The van der Waals surface area contributed by atoms with E-state index in [-0.39, 0.29) is 6.04 Å². The van der Waals surface area contributed by atoms with Crippen molar-refractivity contribution in [2.75, 3.05) is 24.2 Å². The van der Waals surface area contributed by atoms with Gasteiger partial charge in [0.25, 0.3) is 0 Å². The van der Waals surface area contributed by atoms with Crippen molar-refractivity contribution in [1.29, 1.82) is 5.26 Å². The molecule has 23 heavy (non-hydrogen) atoms. The molecule has 124 valence electrons. The normalized spacial score (nSPS) is 21.6. The Labute approximate surface area is 137 Å². The molecule has 1 fully saturated rings. The minimum atomic E-state index is -3.22. The highest BCUT2D eigenvalue weighted by molar-refractivity contribution is 7.88. The van der Waals surface area contributed by atoms with Gasteiger partial charge in [0.1, 0.15) is 11.9 Å². The van der Waals surface area contributed by atoms with Gasteiger partial charge in [-0.25, -0.2) is 18.1 Å². The summed E-state index contributed by atoms with van der Waals surface area (Å²) in [4.78, 5) is 6.82. The number of sulfonamides is 1. The Morgan fingerprint density at radius 3 is 2.87 bits per heavy atom. The lowest BCUT2D eigenvalue weighted by Gasteiger charge is -2.34. The zero-order valence-electron chi connectivity index (χ0n) is 13.4. The molecule has 1 saturated heterocycles. The summed E-state index contributed by atoms with van der Waals surface area (Å²) in [5, 5.41) is 9.47. The first kappa shape index (κ1) is 16.2. The summed E-state index contributed by atoms with van der Waals surface area (Å²) in [5.74, 6) is 0.716. The summed E-state index contributed by atoms with van der Waals surface area (Å²) < 4.78 is 25.6. The third kappa shape index (κ3) is 3.82. The van der Waals surface area contributed by atoms with Crippen molar-refractivity contribution < 1.29 is 8.42 Å². The summed E-state index contributed by atoms with van der Waals surface area (Å²) in [6.45, 7) is 1.37. The van der Waals surface area contributed by atoms with Gasteiger partial charge in [-0.15, -0.1) is 0 Å². The zero-order valence-corrected chi connectivity index (χ0v) is 14.2. The Bertz CT molecular complexity index is 739. The molecule has 1 N–H and O–H groups in total. The van der Waals surface area contributed by atoms with E-state index in [4.69, 9.17) is 4.98 Å². The summed E-state index contributed by atoms with van der Waals surface area (Å²) in [7, 11) is -3.22. The number of rotatable bonds is 3. The number of anilines is 1. The summed E-state index contributed by atoms with van der Waals surface area (Å²) >= 11 is 0. The molecular formula is C16H22N4O2S. The Balaban J connectivity index is 1.87. The van der Waals surface area contributed by atoms with Crippen LogP contribution in [0.15, 0.2) is 6.07 Å². The molecule has 1 aromatic rings. The van der Waals surface area contributed by atoms with Gasteiger partial charge in [-0.1, -0.05) is 0 Å². The van der Waals surface area contributed by atoms with Crippen LogP contribution in [0.1, 0.15) is 42.5 Å². The van der Waals surface area contributed by atoms with Gasteiger partial charge >= 0.3 is 0 Å². The smallest absolute Gasteiger partial charge is 0.209 e. The monoisotopic (exact) mass is 334 g/mol. The van der Waals surface area contributed by atoms with Crippen molar-refractivity contribution >= 4 is 15.8 Å². The van der Waals surface area contributed by atoms with E-state index in [1.807, 2.05) is 6.07 Å². The zero-order chi connectivity index (χ0) is 16.4. The number of nitriles is 1. The molecule has 1 atom stereocenters. The number of nitrogens with zero attached hydrogens (tertiary/aromatic N) is 3. The standard InChI is InChI=1S/C16H22N4O2S/c1-23(21,22)19-14-6-4-8-20(11-14)16-13(10-17)9-12-5-2-3-7-15(12)18-16/h9,14,19H,2-8,11H2,1H3. The van der Waals surface area contributed by atoms with Gasteiger partial charge in [-0.3, -0.25) is 0 Å². The Hall–Kier alpha value is -1.65. The second-order valence-corrected chi connectivity index (χ2v) is 8.24. The van der Waals surface area contributed by atoms with Crippen LogP contribution in [0, 0.1) is 11.3 Å². The van der Waals surface area contributed by atoms with E-state index in [0.29, 0.717) is 17.9 Å². The molecule has 7 heteroatoms. The molecule has 0 bridgehead atoms. The van der Waals surface area contributed by atoms with Crippen LogP contribution in [-0.2, 0) is 22.9 Å². The van der Waals surface area contributed by atoms with Crippen LogP contribution in [0.5, 0.6) is 0 Å². The maximum absolute atomic E-state index is 11.5. The molecule has 0 aromatic carbocycles. The van der Waals surface area contributed by atoms with Crippen molar-refractivity contribution in [1.82, 2.24) is 9.71 Å². The highest BCUT2D eigenvalue weighted by Crippen LogP contribution is 2.28. The Morgan fingerprint density at radius 1 is 1.35 bits per heavy atom. The fourth-order valence-electron chi connectivity index (χ4n) is 3.51. The van der Waals surface area contributed by atoms with Crippen molar-refractivity contribution in [3.8, 4) is 6.07 Å². The number of aromatic nitrogens is 1. The molecule has 2 heterocycles. The van der Waals surface area contributed by atoms with E-state index in [9.17, 15) is 13.7 Å². The van der Waals surface area contributed by atoms with Crippen LogP contribution in [-0.4, -0.2) is 38.8 Å². The average molecular weight is 334 g/mol. The molecule has 1 aliphatic carbocycles. The Kier molecular flexibility index (Phi) is 4.55. The minimum absolute atomic E-state index is 0.122. The summed E-state index contributed by atoms with van der Waals surface area (Å²) in [6, 6.07) is 4.12. The van der Waals surface area contributed by atoms with E-state index in [1.165, 1.54) is 11.8 Å². The van der Waals surface area contributed by atoms with Crippen LogP contribution < -0.4 is 9.62 Å². The quantitative estimate of drug-likeness (QED) is 0.902. The molecule has 1 aliphatic heterocycles. The number of hydrogen-bond donors (Lipinski definition) is 1. The highest BCUT2D eigenvalue weighted by atomic mass is 32.2. The van der Waals surface area contributed by atoms with Crippen LogP contribution in [0.25, 0.3) is 0 Å². The first-order valence-electron chi connectivity index (χ1n) is 8.11. The highest BCUT2D eigenvalue weighted by Gasteiger charge is 2.26. The fraction of sp³-hybridized carbons (Fsp3) is 0.625. The van der Waals surface area contributed by atoms with Crippen LogP contribution in [0.2, 0.25) is 0 Å². The van der Waals surface area contributed by atoms with E-state index in [0.717, 1.165) is 50.8 Å². The van der Waals surface area contributed by atoms with E-state index >= 15 is 0 Å². The van der Waals surface area contributed by atoms with Gasteiger partial charge in [0.15, 0.2) is 0 Å². The number of nitrogens with one attached hydrogen (secondary N) is 1. The van der Waals surface area contributed by atoms with E-state index in [1.54, 1.807) is 0 Å². The molecule has 1 aromatic heterocycles. The first-order valence-corrected chi connectivity index (χ1v) is 10.0. The third-order valence-electron chi connectivity index (χ3n) is 4.50. The predicted octanol–water partition coefficient (Wildman–Crippen LogP) is 1.35. The van der Waals surface area contributed by atoms with Gasteiger partial charge in [-0.05, 0) is 50.2 Å². The van der Waals surface area contributed by atoms with Gasteiger partial charge in [0.2, 0.25) is 10.0 Å². The number of pyridine rings is 1. The van der Waals surface area contributed by atoms with E-state index in [2.05, 4.69) is 15.7 Å². The molecule has 6 nitrogen and oxygen atoms in total.